The van der Waals surface area contributed by atoms with Crippen molar-refractivity contribution >= 4 is 0 Å². The predicted molar refractivity (Wildman–Crippen MR) is 74.8 cm³/mol. The van der Waals surface area contributed by atoms with Gasteiger partial charge in [-0.3, -0.25) is 4.57 Å². The minimum absolute atomic E-state index is 0.135. The molecule has 4 nitrogen and oxygen atoms in total. The maximum atomic E-state index is 11.6. The van der Waals surface area contributed by atoms with Crippen LogP contribution in [0.25, 0.3) is 0 Å². The summed E-state index contributed by atoms with van der Waals surface area (Å²) in [5, 5.41) is 3.53. The first-order valence-corrected chi connectivity index (χ1v) is 6.94. The average molecular weight is 251 g/mol. The van der Waals surface area contributed by atoms with E-state index in [1.165, 1.54) is 0 Å². The molecule has 18 heavy (non-hydrogen) atoms. The summed E-state index contributed by atoms with van der Waals surface area (Å²) in [7, 11) is 0. The van der Waals surface area contributed by atoms with Gasteiger partial charge in [0.1, 0.15) is 0 Å². The number of hydrogen-bond acceptors (Lipinski definition) is 3. The minimum Gasteiger partial charge on any atom is -0.314 e. The first-order valence-electron chi connectivity index (χ1n) is 6.94. The summed E-state index contributed by atoms with van der Waals surface area (Å²) in [6.07, 6.45) is 6.26. The van der Waals surface area contributed by atoms with Crippen LogP contribution >= 0.6 is 0 Å². The van der Waals surface area contributed by atoms with Crippen molar-refractivity contribution in [3.8, 4) is 0 Å². The van der Waals surface area contributed by atoms with Crippen molar-refractivity contribution in [3.63, 3.8) is 0 Å². The fraction of sp³-hybridized carbons (Fsp3) is 0.714. The fourth-order valence-corrected chi connectivity index (χ4v) is 1.99. The molecule has 0 aliphatic rings. The first-order chi connectivity index (χ1) is 8.67. The molecule has 0 saturated carbocycles. The van der Waals surface area contributed by atoms with Crippen LogP contribution < -0.4 is 11.0 Å². The first kappa shape index (κ1) is 14.9. The van der Waals surface area contributed by atoms with Gasteiger partial charge >= 0.3 is 5.69 Å². The largest absolute Gasteiger partial charge is 0.347 e. The molecular weight excluding hydrogens is 226 g/mol. The van der Waals surface area contributed by atoms with Gasteiger partial charge < -0.3 is 5.32 Å². The standard InChI is InChI=1S/C14H25N3O/c1-4-9-15-13(5-2)7-6-10-17-11-8-12(3)16-14(17)18/h8,11,13,15H,4-7,9-10H2,1-3H3. The maximum absolute atomic E-state index is 11.6. The molecular formula is C14H25N3O. The number of nitrogens with zero attached hydrogens (tertiary/aromatic N) is 2. The third kappa shape index (κ3) is 5.00. The van der Waals surface area contributed by atoms with Crippen molar-refractivity contribution < 1.29 is 0 Å². The van der Waals surface area contributed by atoms with Crippen LogP contribution in [0, 0.1) is 6.92 Å². The summed E-state index contributed by atoms with van der Waals surface area (Å²) in [6, 6.07) is 2.45. The van der Waals surface area contributed by atoms with Gasteiger partial charge in [0, 0.05) is 24.5 Å². The quantitative estimate of drug-likeness (QED) is 0.769. The van der Waals surface area contributed by atoms with E-state index >= 15 is 0 Å². The van der Waals surface area contributed by atoms with Crippen molar-refractivity contribution in [2.24, 2.45) is 0 Å². The van der Waals surface area contributed by atoms with E-state index in [9.17, 15) is 4.79 Å². The van der Waals surface area contributed by atoms with Crippen LogP contribution in [-0.4, -0.2) is 22.1 Å². The molecule has 0 aliphatic heterocycles. The van der Waals surface area contributed by atoms with E-state index in [0.29, 0.717) is 6.04 Å². The van der Waals surface area contributed by atoms with Gasteiger partial charge in [-0.05, 0) is 45.2 Å². The van der Waals surface area contributed by atoms with E-state index < -0.39 is 0 Å². The normalized spacial score (nSPS) is 12.6. The Bertz CT molecular complexity index is 400. The van der Waals surface area contributed by atoms with Gasteiger partial charge in [0.25, 0.3) is 0 Å². The molecule has 0 spiro atoms. The molecule has 1 rings (SSSR count). The van der Waals surface area contributed by atoms with Gasteiger partial charge in [-0.25, -0.2) is 4.79 Å². The van der Waals surface area contributed by atoms with Crippen molar-refractivity contribution in [1.29, 1.82) is 0 Å². The van der Waals surface area contributed by atoms with Crippen molar-refractivity contribution in [2.75, 3.05) is 6.54 Å². The lowest BCUT2D eigenvalue weighted by molar-refractivity contribution is 0.436. The maximum Gasteiger partial charge on any atom is 0.347 e. The summed E-state index contributed by atoms with van der Waals surface area (Å²) >= 11 is 0. The molecule has 0 saturated heterocycles. The molecule has 1 aromatic rings. The number of aromatic nitrogens is 2. The molecule has 0 aliphatic carbocycles. The monoisotopic (exact) mass is 251 g/mol. The molecule has 1 atom stereocenters. The highest BCUT2D eigenvalue weighted by Crippen LogP contribution is 2.03. The average Bonchev–Trinajstić information content (AvgIpc) is 2.36. The van der Waals surface area contributed by atoms with Crippen molar-refractivity contribution in [3.05, 3.63) is 28.4 Å². The number of rotatable bonds is 8. The minimum atomic E-state index is -0.135. The van der Waals surface area contributed by atoms with Crippen LogP contribution in [0.5, 0.6) is 0 Å². The van der Waals surface area contributed by atoms with E-state index in [2.05, 4.69) is 24.1 Å². The lowest BCUT2D eigenvalue weighted by atomic mass is 10.1. The topological polar surface area (TPSA) is 46.9 Å². The molecule has 1 unspecified atom stereocenters. The molecule has 0 bridgehead atoms. The van der Waals surface area contributed by atoms with Gasteiger partial charge in [-0.1, -0.05) is 13.8 Å². The lowest BCUT2D eigenvalue weighted by Gasteiger charge is -2.16. The second kappa shape index (κ2) is 8.03. The van der Waals surface area contributed by atoms with Gasteiger partial charge in [-0.2, -0.15) is 4.98 Å². The van der Waals surface area contributed by atoms with Gasteiger partial charge in [0.2, 0.25) is 0 Å². The van der Waals surface area contributed by atoms with E-state index in [1.807, 2.05) is 19.2 Å². The Morgan fingerprint density at radius 3 is 2.83 bits per heavy atom. The molecule has 1 heterocycles. The Morgan fingerprint density at radius 1 is 1.44 bits per heavy atom. The summed E-state index contributed by atoms with van der Waals surface area (Å²) in [5.74, 6) is 0. The van der Waals surface area contributed by atoms with Gasteiger partial charge in [0.05, 0.1) is 0 Å². The second-order valence-corrected chi connectivity index (χ2v) is 4.75. The Labute approximate surface area is 109 Å². The highest BCUT2D eigenvalue weighted by molar-refractivity contribution is 4.95. The summed E-state index contributed by atoms with van der Waals surface area (Å²) in [6.45, 7) is 8.05. The molecule has 1 aromatic heterocycles. The molecule has 0 aromatic carbocycles. The van der Waals surface area contributed by atoms with E-state index in [-0.39, 0.29) is 5.69 Å². The van der Waals surface area contributed by atoms with Crippen LogP contribution in [0.1, 0.15) is 45.2 Å². The summed E-state index contributed by atoms with van der Waals surface area (Å²) in [4.78, 5) is 15.5. The van der Waals surface area contributed by atoms with Crippen molar-refractivity contribution in [1.82, 2.24) is 14.9 Å². The third-order valence-corrected chi connectivity index (χ3v) is 3.14. The zero-order valence-electron chi connectivity index (χ0n) is 11.8. The zero-order valence-corrected chi connectivity index (χ0v) is 11.8. The third-order valence-electron chi connectivity index (χ3n) is 3.14. The second-order valence-electron chi connectivity index (χ2n) is 4.75. The van der Waals surface area contributed by atoms with Crippen LogP contribution in [0.15, 0.2) is 17.1 Å². The zero-order chi connectivity index (χ0) is 13.4. The summed E-state index contributed by atoms with van der Waals surface area (Å²) in [5.41, 5.74) is 0.650. The molecule has 4 heteroatoms. The Morgan fingerprint density at radius 2 is 2.22 bits per heavy atom. The van der Waals surface area contributed by atoms with Gasteiger partial charge in [-0.15, -0.1) is 0 Å². The van der Waals surface area contributed by atoms with Crippen LogP contribution in [0.2, 0.25) is 0 Å². The SMILES string of the molecule is CCCNC(CC)CCCn1ccc(C)nc1=O. The predicted octanol–water partition coefficient (Wildman–Crippen LogP) is 2.11. The van der Waals surface area contributed by atoms with Crippen LogP contribution in [-0.2, 0) is 6.54 Å². The molecule has 0 radical (unpaired) electrons. The Hall–Kier alpha value is -1.16. The lowest BCUT2D eigenvalue weighted by Crippen LogP contribution is -2.30. The van der Waals surface area contributed by atoms with E-state index in [0.717, 1.165) is 44.5 Å². The summed E-state index contributed by atoms with van der Waals surface area (Å²) < 4.78 is 1.69. The van der Waals surface area contributed by atoms with Crippen molar-refractivity contribution in [2.45, 2.75) is 59.0 Å². The highest BCUT2D eigenvalue weighted by atomic mass is 16.1. The van der Waals surface area contributed by atoms with E-state index in [1.54, 1.807) is 4.57 Å². The number of nitrogens with one attached hydrogen (secondary N) is 1. The number of aryl methyl sites for hydroxylation is 2. The molecule has 102 valence electrons. The molecule has 1 N–H and O–H groups in total. The molecule has 0 amide bonds. The number of hydrogen-bond donors (Lipinski definition) is 1. The van der Waals surface area contributed by atoms with Crippen LogP contribution in [0.4, 0.5) is 0 Å². The van der Waals surface area contributed by atoms with E-state index in [4.69, 9.17) is 0 Å². The fourth-order valence-electron chi connectivity index (χ4n) is 1.99. The highest BCUT2D eigenvalue weighted by Gasteiger charge is 2.05. The smallest absolute Gasteiger partial charge is 0.314 e. The van der Waals surface area contributed by atoms with Gasteiger partial charge in [0.15, 0.2) is 0 Å². The molecule has 0 fully saturated rings. The Kier molecular flexibility index (Phi) is 6.65. The van der Waals surface area contributed by atoms with Crippen LogP contribution in [0.3, 0.4) is 0 Å². The Balaban J connectivity index is 2.38.